The summed E-state index contributed by atoms with van der Waals surface area (Å²) >= 11 is 0. The number of aromatic nitrogens is 2. The number of carboxylic acids is 1. The Morgan fingerprint density at radius 1 is 1.73 bits per heavy atom. The molecule has 1 fully saturated rings. The number of hydrogen-bond acceptors (Lipinski definition) is 3. The number of aryl methyl sites for hydroxylation is 1. The third-order valence-electron chi connectivity index (χ3n) is 2.76. The second-order valence-corrected chi connectivity index (χ2v) is 3.92. The lowest BCUT2D eigenvalue weighted by Crippen LogP contribution is -2.32. The third kappa shape index (κ3) is 2.02. The summed E-state index contributed by atoms with van der Waals surface area (Å²) in [7, 11) is 0. The Hall–Kier alpha value is -1.36. The standard InChI is InChI=1S/C10H15N3O2/c1-7-5-9(10(14)15)12-13(7)8-3-2-4-11-6-8/h5,8,11H,2-4,6H2,1H3,(H,14,15). The van der Waals surface area contributed by atoms with Gasteiger partial charge in [0.1, 0.15) is 0 Å². The topological polar surface area (TPSA) is 67.1 Å². The maximum absolute atomic E-state index is 10.8. The highest BCUT2D eigenvalue weighted by Crippen LogP contribution is 2.18. The fourth-order valence-electron chi connectivity index (χ4n) is 2.00. The van der Waals surface area contributed by atoms with Crippen LogP contribution in [0.5, 0.6) is 0 Å². The van der Waals surface area contributed by atoms with Crippen LogP contribution in [0.3, 0.4) is 0 Å². The smallest absolute Gasteiger partial charge is 0.356 e. The molecule has 2 N–H and O–H groups in total. The Balaban J connectivity index is 2.22. The highest BCUT2D eigenvalue weighted by Gasteiger charge is 2.19. The van der Waals surface area contributed by atoms with Crippen molar-refractivity contribution in [3.8, 4) is 0 Å². The zero-order valence-corrected chi connectivity index (χ0v) is 8.73. The van der Waals surface area contributed by atoms with Crippen molar-refractivity contribution in [3.05, 3.63) is 17.5 Å². The monoisotopic (exact) mass is 209 g/mol. The minimum Gasteiger partial charge on any atom is -0.476 e. The SMILES string of the molecule is Cc1cc(C(=O)O)nn1C1CCCNC1. The molecular weight excluding hydrogens is 194 g/mol. The lowest BCUT2D eigenvalue weighted by atomic mass is 10.1. The molecule has 2 heterocycles. The van der Waals surface area contributed by atoms with Crippen LogP contribution in [0.1, 0.15) is 35.1 Å². The molecule has 0 amide bonds. The lowest BCUT2D eigenvalue weighted by Gasteiger charge is -2.24. The van der Waals surface area contributed by atoms with Gasteiger partial charge in [0.05, 0.1) is 6.04 Å². The minimum absolute atomic E-state index is 0.137. The van der Waals surface area contributed by atoms with E-state index in [0.717, 1.165) is 31.6 Å². The van der Waals surface area contributed by atoms with Gasteiger partial charge in [-0.2, -0.15) is 5.10 Å². The van der Waals surface area contributed by atoms with Crippen molar-refractivity contribution in [1.29, 1.82) is 0 Å². The molecule has 0 radical (unpaired) electrons. The second-order valence-electron chi connectivity index (χ2n) is 3.92. The van der Waals surface area contributed by atoms with Gasteiger partial charge in [-0.05, 0) is 32.4 Å². The molecule has 1 aromatic heterocycles. The van der Waals surface area contributed by atoms with Gasteiger partial charge < -0.3 is 10.4 Å². The Kier molecular flexibility index (Phi) is 2.73. The molecule has 1 unspecified atom stereocenters. The van der Waals surface area contributed by atoms with Crippen LogP contribution in [0.2, 0.25) is 0 Å². The zero-order valence-electron chi connectivity index (χ0n) is 8.73. The summed E-state index contributed by atoms with van der Waals surface area (Å²) in [4.78, 5) is 10.8. The zero-order chi connectivity index (χ0) is 10.8. The molecular formula is C10H15N3O2. The van der Waals surface area contributed by atoms with E-state index >= 15 is 0 Å². The van der Waals surface area contributed by atoms with Crippen LogP contribution in [-0.4, -0.2) is 33.9 Å². The van der Waals surface area contributed by atoms with Crippen molar-refractivity contribution in [2.24, 2.45) is 0 Å². The number of nitrogens with zero attached hydrogens (tertiary/aromatic N) is 2. The van der Waals surface area contributed by atoms with Crippen LogP contribution < -0.4 is 5.32 Å². The maximum atomic E-state index is 10.8. The van der Waals surface area contributed by atoms with E-state index in [1.807, 2.05) is 11.6 Å². The lowest BCUT2D eigenvalue weighted by molar-refractivity contribution is 0.0689. The molecule has 0 aliphatic carbocycles. The molecule has 0 spiro atoms. The predicted octanol–water partition coefficient (Wildman–Crippen LogP) is 0.814. The molecule has 0 bridgehead atoms. The molecule has 0 saturated carbocycles. The first-order chi connectivity index (χ1) is 7.18. The quantitative estimate of drug-likeness (QED) is 0.756. The molecule has 15 heavy (non-hydrogen) atoms. The van der Waals surface area contributed by atoms with Crippen molar-refractivity contribution in [1.82, 2.24) is 15.1 Å². The Morgan fingerprint density at radius 3 is 3.07 bits per heavy atom. The number of hydrogen-bond donors (Lipinski definition) is 2. The normalized spacial score (nSPS) is 21.5. The number of carbonyl (C=O) groups is 1. The molecule has 1 aliphatic heterocycles. The van der Waals surface area contributed by atoms with Gasteiger partial charge in [0, 0.05) is 12.2 Å². The van der Waals surface area contributed by atoms with Crippen molar-refractivity contribution in [2.75, 3.05) is 13.1 Å². The number of piperidine rings is 1. The van der Waals surface area contributed by atoms with Crippen LogP contribution in [0, 0.1) is 6.92 Å². The predicted molar refractivity (Wildman–Crippen MR) is 55.1 cm³/mol. The average molecular weight is 209 g/mol. The van der Waals surface area contributed by atoms with Crippen molar-refractivity contribution < 1.29 is 9.90 Å². The maximum Gasteiger partial charge on any atom is 0.356 e. The van der Waals surface area contributed by atoms with E-state index in [1.165, 1.54) is 0 Å². The largest absolute Gasteiger partial charge is 0.476 e. The molecule has 1 atom stereocenters. The van der Waals surface area contributed by atoms with Gasteiger partial charge in [-0.3, -0.25) is 4.68 Å². The number of aromatic carboxylic acids is 1. The van der Waals surface area contributed by atoms with Crippen LogP contribution in [0.25, 0.3) is 0 Å². The van der Waals surface area contributed by atoms with Crippen LogP contribution >= 0.6 is 0 Å². The summed E-state index contributed by atoms with van der Waals surface area (Å²) < 4.78 is 1.83. The van der Waals surface area contributed by atoms with Crippen molar-refractivity contribution >= 4 is 5.97 Å². The van der Waals surface area contributed by atoms with E-state index in [4.69, 9.17) is 5.11 Å². The van der Waals surface area contributed by atoms with Crippen LogP contribution in [-0.2, 0) is 0 Å². The fraction of sp³-hybridized carbons (Fsp3) is 0.600. The van der Waals surface area contributed by atoms with Gasteiger partial charge in [0.2, 0.25) is 0 Å². The number of nitrogens with one attached hydrogen (secondary N) is 1. The summed E-state index contributed by atoms with van der Waals surface area (Å²) in [6.45, 7) is 3.82. The summed E-state index contributed by atoms with van der Waals surface area (Å²) in [6.07, 6.45) is 2.18. The van der Waals surface area contributed by atoms with Crippen LogP contribution in [0.4, 0.5) is 0 Å². The molecule has 5 nitrogen and oxygen atoms in total. The fourth-order valence-corrected chi connectivity index (χ4v) is 2.00. The summed E-state index contributed by atoms with van der Waals surface area (Å²) in [5, 5.41) is 16.2. The Bertz CT molecular complexity index is 367. The van der Waals surface area contributed by atoms with Crippen molar-refractivity contribution in [3.63, 3.8) is 0 Å². The summed E-state index contributed by atoms with van der Waals surface area (Å²) in [5.41, 5.74) is 1.05. The molecule has 1 aromatic rings. The number of rotatable bonds is 2. The molecule has 1 saturated heterocycles. The first kappa shape index (κ1) is 10.2. The molecule has 5 heteroatoms. The van der Waals surface area contributed by atoms with Gasteiger partial charge in [-0.15, -0.1) is 0 Å². The van der Waals surface area contributed by atoms with E-state index in [9.17, 15) is 4.79 Å². The molecule has 2 rings (SSSR count). The Morgan fingerprint density at radius 2 is 2.53 bits per heavy atom. The van der Waals surface area contributed by atoms with Gasteiger partial charge in [0.25, 0.3) is 0 Å². The Labute approximate surface area is 88.1 Å². The van der Waals surface area contributed by atoms with E-state index < -0.39 is 5.97 Å². The molecule has 0 aromatic carbocycles. The van der Waals surface area contributed by atoms with E-state index in [-0.39, 0.29) is 5.69 Å². The minimum atomic E-state index is -0.958. The van der Waals surface area contributed by atoms with E-state index in [2.05, 4.69) is 10.4 Å². The van der Waals surface area contributed by atoms with Gasteiger partial charge in [-0.25, -0.2) is 4.79 Å². The van der Waals surface area contributed by atoms with E-state index in [0.29, 0.717) is 6.04 Å². The third-order valence-corrected chi connectivity index (χ3v) is 2.76. The molecule has 82 valence electrons. The average Bonchev–Trinajstić information content (AvgIpc) is 2.62. The summed E-state index contributed by atoms with van der Waals surface area (Å²) in [6, 6.07) is 1.92. The summed E-state index contributed by atoms with van der Waals surface area (Å²) in [5.74, 6) is -0.958. The molecule has 1 aliphatic rings. The highest BCUT2D eigenvalue weighted by molar-refractivity contribution is 5.85. The first-order valence-corrected chi connectivity index (χ1v) is 5.18. The highest BCUT2D eigenvalue weighted by atomic mass is 16.4. The van der Waals surface area contributed by atoms with E-state index in [1.54, 1.807) is 6.07 Å². The first-order valence-electron chi connectivity index (χ1n) is 5.18. The van der Waals surface area contributed by atoms with Crippen molar-refractivity contribution in [2.45, 2.75) is 25.8 Å². The van der Waals surface area contributed by atoms with Gasteiger partial charge >= 0.3 is 5.97 Å². The number of carboxylic acid groups (broad SMARTS) is 1. The second kappa shape index (κ2) is 4.02. The van der Waals surface area contributed by atoms with Gasteiger partial charge in [-0.1, -0.05) is 0 Å². The van der Waals surface area contributed by atoms with Gasteiger partial charge in [0.15, 0.2) is 5.69 Å². The van der Waals surface area contributed by atoms with Crippen LogP contribution in [0.15, 0.2) is 6.07 Å².